The summed E-state index contributed by atoms with van der Waals surface area (Å²) in [5.74, 6) is -0.350. The van der Waals surface area contributed by atoms with E-state index in [4.69, 9.17) is 16.3 Å². The zero-order valence-corrected chi connectivity index (χ0v) is 17.6. The maximum Gasteiger partial charge on any atom is 0.171 e. The number of hydrogen-bond donors (Lipinski definition) is 3. The largest absolute Gasteiger partial charge is 0.497 e. The lowest BCUT2D eigenvalue weighted by Crippen LogP contribution is -2.42. The van der Waals surface area contributed by atoms with Crippen LogP contribution in [0.5, 0.6) is 5.75 Å². The van der Waals surface area contributed by atoms with Crippen molar-refractivity contribution in [3.63, 3.8) is 0 Å². The van der Waals surface area contributed by atoms with Crippen molar-refractivity contribution < 1.29 is 18.6 Å². The fourth-order valence-electron chi connectivity index (χ4n) is 3.15. The number of benzene rings is 2. The molecule has 1 heterocycles. The van der Waals surface area contributed by atoms with E-state index in [9.17, 15) is 13.9 Å². The number of nitrogens with one attached hydrogen (secondary N) is 2. The Balaban J connectivity index is 1.70. The monoisotopic (exact) mass is 448 g/mol. The van der Waals surface area contributed by atoms with Crippen LogP contribution in [0.4, 0.5) is 14.6 Å². The molecule has 6 nitrogen and oxygen atoms in total. The Morgan fingerprint density at radius 3 is 2.52 bits per heavy atom. The van der Waals surface area contributed by atoms with E-state index in [1.807, 2.05) is 24.3 Å². The second kappa shape index (κ2) is 11.0. The van der Waals surface area contributed by atoms with E-state index in [-0.39, 0.29) is 23.9 Å². The quantitative estimate of drug-likeness (QED) is 0.440. The lowest BCUT2D eigenvalue weighted by molar-refractivity contribution is 0.148. The van der Waals surface area contributed by atoms with Gasteiger partial charge in [-0.25, -0.2) is 18.7 Å². The third-order valence-electron chi connectivity index (χ3n) is 4.63. The fraction of sp³-hybridized carbons (Fsp3) is 0.273. The molecule has 0 amide bonds. The second-order valence-electron chi connectivity index (χ2n) is 6.98. The van der Waals surface area contributed by atoms with Crippen LogP contribution in [0, 0.1) is 11.6 Å². The van der Waals surface area contributed by atoms with Crippen molar-refractivity contribution in [1.82, 2.24) is 15.3 Å². The van der Waals surface area contributed by atoms with Gasteiger partial charge in [0.1, 0.15) is 17.4 Å². The Morgan fingerprint density at radius 1 is 1.06 bits per heavy atom. The molecule has 0 saturated carbocycles. The summed E-state index contributed by atoms with van der Waals surface area (Å²) in [4.78, 5) is 8.08. The number of hydrogen-bond acceptors (Lipinski definition) is 6. The Kier molecular flexibility index (Phi) is 8.11. The minimum Gasteiger partial charge on any atom is -0.497 e. The predicted molar refractivity (Wildman–Crippen MR) is 115 cm³/mol. The third kappa shape index (κ3) is 6.85. The van der Waals surface area contributed by atoms with Crippen molar-refractivity contribution in [2.45, 2.75) is 25.1 Å². The van der Waals surface area contributed by atoms with Crippen LogP contribution in [0.15, 0.2) is 54.9 Å². The molecule has 0 aliphatic carbocycles. The molecule has 31 heavy (non-hydrogen) atoms. The number of ether oxygens (including phenoxy) is 1. The van der Waals surface area contributed by atoms with Crippen LogP contribution in [0.2, 0.25) is 5.15 Å². The SMILES string of the molecule is COc1cccc(CNC[C@@H](O)[C@H](Cc2cc(F)cc(F)c2)Nc2nccnc2Cl)c1. The van der Waals surface area contributed by atoms with E-state index >= 15 is 0 Å². The molecule has 3 rings (SSSR count). The number of halogens is 3. The average Bonchev–Trinajstić information content (AvgIpc) is 2.74. The van der Waals surface area contributed by atoms with Crippen molar-refractivity contribution in [2.24, 2.45) is 0 Å². The van der Waals surface area contributed by atoms with Gasteiger partial charge in [0.15, 0.2) is 11.0 Å². The van der Waals surface area contributed by atoms with Crippen molar-refractivity contribution >= 4 is 17.4 Å². The van der Waals surface area contributed by atoms with Crippen molar-refractivity contribution in [3.8, 4) is 5.75 Å². The van der Waals surface area contributed by atoms with Gasteiger partial charge in [-0.15, -0.1) is 0 Å². The molecule has 3 N–H and O–H groups in total. The molecular weight excluding hydrogens is 426 g/mol. The number of nitrogens with zero attached hydrogens (tertiary/aromatic N) is 2. The molecule has 0 aliphatic rings. The number of aliphatic hydroxyl groups is 1. The highest BCUT2D eigenvalue weighted by atomic mass is 35.5. The molecule has 164 valence electrons. The van der Waals surface area contributed by atoms with Gasteiger partial charge in [-0.2, -0.15) is 0 Å². The molecule has 0 aliphatic heterocycles. The fourth-order valence-corrected chi connectivity index (χ4v) is 3.31. The van der Waals surface area contributed by atoms with Crippen LogP contribution in [0.1, 0.15) is 11.1 Å². The zero-order chi connectivity index (χ0) is 22.2. The summed E-state index contributed by atoms with van der Waals surface area (Å²) < 4.78 is 32.5. The highest BCUT2D eigenvalue weighted by Gasteiger charge is 2.22. The lowest BCUT2D eigenvalue weighted by atomic mass is 10.0. The summed E-state index contributed by atoms with van der Waals surface area (Å²) in [5.41, 5.74) is 1.38. The summed E-state index contributed by atoms with van der Waals surface area (Å²) in [5, 5.41) is 17.2. The zero-order valence-electron chi connectivity index (χ0n) is 16.9. The molecule has 0 fully saturated rings. The molecule has 0 spiro atoms. The van der Waals surface area contributed by atoms with Gasteiger partial charge in [-0.1, -0.05) is 23.7 Å². The van der Waals surface area contributed by atoms with Crippen LogP contribution in [0.25, 0.3) is 0 Å². The van der Waals surface area contributed by atoms with Crippen molar-refractivity contribution in [3.05, 3.63) is 82.8 Å². The molecule has 0 bridgehead atoms. The first-order valence-electron chi connectivity index (χ1n) is 9.64. The molecule has 0 radical (unpaired) electrons. The highest BCUT2D eigenvalue weighted by Crippen LogP contribution is 2.19. The average molecular weight is 449 g/mol. The van der Waals surface area contributed by atoms with Crippen molar-refractivity contribution in [1.29, 1.82) is 0 Å². The molecule has 1 aromatic heterocycles. The Morgan fingerprint density at radius 2 is 1.81 bits per heavy atom. The molecule has 9 heteroatoms. The van der Waals surface area contributed by atoms with Gasteiger partial charge in [0, 0.05) is 31.5 Å². The summed E-state index contributed by atoms with van der Waals surface area (Å²) in [7, 11) is 1.60. The lowest BCUT2D eigenvalue weighted by Gasteiger charge is -2.25. The number of methoxy groups -OCH3 is 1. The Labute approximate surface area is 184 Å². The Hall–Kier alpha value is -2.81. The van der Waals surface area contributed by atoms with Gasteiger partial charge < -0.3 is 20.5 Å². The van der Waals surface area contributed by atoms with E-state index in [0.717, 1.165) is 17.4 Å². The van der Waals surface area contributed by atoms with Crippen LogP contribution in [0.3, 0.4) is 0 Å². The molecule has 3 aromatic rings. The van der Waals surface area contributed by atoms with Gasteiger partial charge in [0.2, 0.25) is 0 Å². The van der Waals surface area contributed by atoms with Crippen LogP contribution in [-0.4, -0.2) is 40.9 Å². The van der Waals surface area contributed by atoms with Crippen LogP contribution >= 0.6 is 11.6 Å². The predicted octanol–water partition coefficient (Wildman–Crippen LogP) is 3.59. The maximum atomic E-state index is 13.6. The minimum absolute atomic E-state index is 0.134. The number of aromatic nitrogens is 2. The standard InChI is InChI=1S/C22H23ClF2N4O2/c1-31-18-4-2-3-14(9-18)12-26-13-20(30)19(29-22-21(23)27-5-6-28-22)10-15-7-16(24)11-17(25)8-15/h2-9,11,19-20,26,30H,10,12-13H2,1H3,(H,28,29)/t19-,20+/m0/s1. The van der Waals surface area contributed by atoms with E-state index in [2.05, 4.69) is 20.6 Å². The summed E-state index contributed by atoms with van der Waals surface area (Å²) >= 11 is 6.07. The smallest absolute Gasteiger partial charge is 0.171 e. The summed E-state index contributed by atoms with van der Waals surface area (Å²) in [6, 6.07) is 10.2. The van der Waals surface area contributed by atoms with Gasteiger partial charge >= 0.3 is 0 Å². The molecular formula is C22H23ClF2N4O2. The molecule has 0 unspecified atom stereocenters. The van der Waals surface area contributed by atoms with Gasteiger partial charge in [0.25, 0.3) is 0 Å². The van der Waals surface area contributed by atoms with E-state index in [1.54, 1.807) is 7.11 Å². The molecule has 0 saturated heterocycles. The van der Waals surface area contributed by atoms with E-state index < -0.39 is 23.8 Å². The number of aliphatic hydroxyl groups excluding tert-OH is 1. The van der Waals surface area contributed by atoms with Gasteiger partial charge in [0.05, 0.1) is 19.3 Å². The summed E-state index contributed by atoms with van der Waals surface area (Å²) in [6.07, 6.45) is 2.12. The van der Waals surface area contributed by atoms with Crippen LogP contribution in [-0.2, 0) is 13.0 Å². The topological polar surface area (TPSA) is 79.3 Å². The normalized spacial score (nSPS) is 12.9. The highest BCUT2D eigenvalue weighted by molar-refractivity contribution is 6.31. The molecule has 2 aromatic carbocycles. The van der Waals surface area contributed by atoms with Crippen LogP contribution < -0.4 is 15.4 Å². The van der Waals surface area contributed by atoms with Gasteiger partial charge in [-0.05, 0) is 41.8 Å². The first-order valence-corrected chi connectivity index (χ1v) is 10.0. The van der Waals surface area contributed by atoms with E-state index in [0.29, 0.717) is 12.1 Å². The first-order chi connectivity index (χ1) is 14.9. The maximum absolute atomic E-state index is 13.6. The minimum atomic E-state index is -0.921. The van der Waals surface area contributed by atoms with Crippen molar-refractivity contribution in [2.75, 3.05) is 19.0 Å². The number of rotatable bonds is 10. The second-order valence-corrected chi connectivity index (χ2v) is 7.34. The number of anilines is 1. The molecule has 2 atom stereocenters. The van der Waals surface area contributed by atoms with Gasteiger partial charge in [-0.3, -0.25) is 0 Å². The Bertz CT molecular complexity index is 988. The first kappa shape index (κ1) is 22.9. The van der Waals surface area contributed by atoms with E-state index in [1.165, 1.54) is 24.5 Å². The third-order valence-corrected chi connectivity index (χ3v) is 4.91. The summed E-state index contributed by atoms with van der Waals surface area (Å²) in [6.45, 7) is 0.714.